The number of carbonyl (C=O) groups excluding carboxylic acids is 1. The van der Waals surface area contributed by atoms with Crippen LogP contribution in [0.5, 0.6) is 0 Å². The maximum absolute atomic E-state index is 12.1. The number of rotatable bonds is 4. The molecule has 0 aliphatic heterocycles. The largest absolute Gasteiger partial charge is 0.330 e. The molecule has 0 radical (unpaired) electrons. The van der Waals surface area contributed by atoms with Crippen molar-refractivity contribution < 1.29 is 4.79 Å². The molecule has 0 saturated heterocycles. The van der Waals surface area contributed by atoms with E-state index in [0.717, 1.165) is 24.8 Å². The quantitative estimate of drug-likeness (QED) is 0.773. The summed E-state index contributed by atoms with van der Waals surface area (Å²) in [5, 5.41) is 0. The van der Waals surface area contributed by atoms with Gasteiger partial charge in [-0.05, 0) is 37.7 Å². The molecule has 0 bridgehead atoms. The SMILES string of the molecule is CCC(CN)C(=O)C1=CCCCCCC1. The van der Waals surface area contributed by atoms with Gasteiger partial charge in [-0.15, -0.1) is 0 Å². The highest BCUT2D eigenvalue weighted by Gasteiger charge is 2.18. The molecule has 2 N–H and O–H groups in total. The van der Waals surface area contributed by atoms with E-state index in [9.17, 15) is 4.79 Å². The maximum Gasteiger partial charge on any atom is 0.162 e. The summed E-state index contributed by atoms with van der Waals surface area (Å²) in [6.07, 6.45) is 10.0. The highest BCUT2D eigenvalue weighted by Crippen LogP contribution is 2.21. The molecule has 1 aliphatic carbocycles. The summed E-state index contributed by atoms with van der Waals surface area (Å²) in [6, 6.07) is 0. The van der Waals surface area contributed by atoms with Gasteiger partial charge in [-0.2, -0.15) is 0 Å². The monoisotopic (exact) mass is 209 g/mol. The van der Waals surface area contributed by atoms with E-state index in [1.54, 1.807) is 0 Å². The molecule has 0 amide bonds. The van der Waals surface area contributed by atoms with Gasteiger partial charge in [-0.3, -0.25) is 4.79 Å². The molecule has 1 atom stereocenters. The molecule has 86 valence electrons. The van der Waals surface area contributed by atoms with Gasteiger partial charge in [-0.1, -0.05) is 25.8 Å². The minimum atomic E-state index is 0.0516. The Bertz CT molecular complexity index is 229. The summed E-state index contributed by atoms with van der Waals surface area (Å²) in [7, 11) is 0. The Morgan fingerprint density at radius 3 is 2.80 bits per heavy atom. The van der Waals surface area contributed by atoms with E-state index in [2.05, 4.69) is 6.08 Å². The topological polar surface area (TPSA) is 43.1 Å². The average Bonchev–Trinajstić information content (AvgIpc) is 2.18. The summed E-state index contributed by atoms with van der Waals surface area (Å²) < 4.78 is 0. The summed E-state index contributed by atoms with van der Waals surface area (Å²) in [6.45, 7) is 2.53. The normalized spacial score (nSPS) is 20.0. The summed E-state index contributed by atoms with van der Waals surface area (Å²) >= 11 is 0. The summed E-state index contributed by atoms with van der Waals surface area (Å²) in [5.41, 5.74) is 6.66. The molecule has 1 aliphatic rings. The van der Waals surface area contributed by atoms with Gasteiger partial charge >= 0.3 is 0 Å². The molecule has 0 fully saturated rings. The van der Waals surface area contributed by atoms with Crippen molar-refractivity contribution in [3.63, 3.8) is 0 Å². The molecule has 1 unspecified atom stereocenters. The van der Waals surface area contributed by atoms with Crippen molar-refractivity contribution in [3.8, 4) is 0 Å². The van der Waals surface area contributed by atoms with Gasteiger partial charge in [0.1, 0.15) is 0 Å². The first-order valence-electron chi connectivity index (χ1n) is 6.23. The third kappa shape index (κ3) is 3.78. The maximum atomic E-state index is 12.1. The van der Waals surface area contributed by atoms with Crippen LogP contribution in [0.25, 0.3) is 0 Å². The second kappa shape index (κ2) is 6.78. The first-order valence-corrected chi connectivity index (χ1v) is 6.23. The number of allylic oxidation sites excluding steroid dienone is 2. The fourth-order valence-corrected chi connectivity index (χ4v) is 2.14. The highest BCUT2D eigenvalue weighted by atomic mass is 16.1. The van der Waals surface area contributed by atoms with Crippen LogP contribution in [0.4, 0.5) is 0 Å². The number of hydrogen-bond acceptors (Lipinski definition) is 2. The first kappa shape index (κ1) is 12.4. The van der Waals surface area contributed by atoms with Gasteiger partial charge in [0.15, 0.2) is 5.78 Å². The van der Waals surface area contributed by atoms with Crippen molar-refractivity contribution in [3.05, 3.63) is 11.6 Å². The summed E-state index contributed by atoms with van der Waals surface area (Å²) in [5.74, 6) is 0.359. The van der Waals surface area contributed by atoms with Crippen molar-refractivity contribution in [2.45, 2.75) is 51.9 Å². The number of carbonyl (C=O) groups is 1. The minimum absolute atomic E-state index is 0.0516. The lowest BCUT2D eigenvalue weighted by Gasteiger charge is -2.15. The fourth-order valence-electron chi connectivity index (χ4n) is 2.14. The molecular formula is C13H23NO. The molecule has 0 heterocycles. The number of ketones is 1. The first-order chi connectivity index (χ1) is 7.29. The van der Waals surface area contributed by atoms with Crippen molar-refractivity contribution >= 4 is 5.78 Å². The van der Waals surface area contributed by atoms with E-state index in [1.807, 2.05) is 6.92 Å². The Balaban J connectivity index is 2.62. The van der Waals surface area contributed by atoms with Crippen molar-refractivity contribution in [1.29, 1.82) is 0 Å². The third-order valence-corrected chi connectivity index (χ3v) is 3.26. The van der Waals surface area contributed by atoms with Crippen molar-refractivity contribution in [2.24, 2.45) is 11.7 Å². The van der Waals surface area contributed by atoms with Crippen LogP contribution in [-0.4, -0.2) is 12.3 Å². The predicted molar refractivity (Wildman–Crippen MR) is 63.6 cm³/mol. The van der Waals surface area contributed by atoms with E-state index in [1.165, 1.54) is 25.7 Å². The molecule has 0 aromatic carbocycles. The van der Waals surface area contributed by atoms with E-state index >= 15 is 0 Å². The lowest BCUT2D eigenvalue weighted by Crippen LogP contribution is -2.24. The van der Waals surface area contributed by atoms with Crippen LogP contribution in [0.3, 0.4) is 0 Å². The van der Waals surface area contributed by atoms with Gasteiger partial charge in [0.25, 0.3) is 0 Å². The third-order valence-electron chi connectivity index (χ3n) is 3.26. The van der Waals surface area contributed by atoms with Gasteiger partial charge in [0.2, 0.25) is 0 Å². The number of nitrogens with two attached hydrogens (primary N) is 1. The molecule has 2 heteroatoms. The Morgan fingerprint density at radius 1 is 1.40 bits per heavy atom. The van der Waals surface area contributed by atoms with E-state index in [0.29, 0.717) is 12.3 Å². The molecule has 0 aromatic heterocycles. The van der Waals surface area contributed by atoms with Crippen LogP contribution in [-0.2, 0) is 4.79 Å². The lowest BCUT2D eigenvalue weighted by molar-refractivity contribution is -0.119. The lowest BCUT2D eigenvalue weighted by atomic mass is 9.90. The summed E-state index contributed by atoms with van der Waals surface area (Å²) in [4.78, 5) is 12.1. The zero-order valence-corrected chi connectivity index (χ0v) is 9.80. The van der Waals surface area contributed by atoms with Gasteiger partial charge < -0.3 is 5.73 Å². The minimum Gasteiger partial charge on any atom is -0.330 e. The fraction of sp³-hybridized carbons (Fsp3) is 0.769. The Hall–Kier alpha value is -0.630. The zero-order chi connectivity index (χ0) is 11.1. The smallest absolute Gasteiger partial charge is 0.162 e. The Morgan fingerprint density at radius 2 is 2.13 bits per heavy atom. The van der Waals surface area contributed by atoms with Crippen LogP contribution in [0.2, 0.25) is 0 Å². The predicted octanol–water partition coefficient (Wildman–Crippen LogP) is 2.82. The van der Waals surface area contributed by atoms with Gasteiger partial charge in [0, 0.05) is 12.5 Å². The standard InChI is InChI=1S/C13H23NO/c1-2-11(10-14)13(15)12-8-6-4-3-5-7-9-12/h8,11H,2-7,9-10,14H2,1H3. The van der Waals surface area contributed by atoms with Crippen LogP contribution in [0, 0.1) is 5.92 Å². The average molecular weight is 209 g/mol. The van der Waals surface area contributed by atoms with Crippen molar-refractivity contribution in [1.82, 2.24) is 0 Å². The van der Waals surface area contributed by atoms with E-state index in [-0.39, 0.29) is 5.92 Å². The zero-order valence-electron chi connectivity index (χ0n) is 9.80. The van der Waals surface area contributed by atoms with E-state index < -0.39 is 0 Å². The molecule has 0 saturated carbocycles. The highest BCUT2D eigenvalue weighted by molar-refractivity contribution is 5.97. The van der Waals surface area contributed by atoms with Gasteiger partial charge in [0.05, 0.1) is 0 Å². The molecular weight excluding hydrogens is 186 g/mol. The van der Waals surface area contributed by atoms with Gasteiger partial charge in [-0.25, -0.2) is 0 Å². The second-order valence-corrected chi connectivity index (χ2v) is 4.39. The van der Waals surface area contributed by atoms with Crippen molar-refractivity contribution in [2.75, 3.05) is 6.54 Å². The number of hydrogen-bond donors (Lipinski definition) is 1. The van der Waals surface area contributed by atoms with Crippen LogP contribution < -0.4 is 5.73 Å². The second-order valence-electron chi connectivity index (χ2n) is 4.39. The Kier molecular flexibility index (Phi) is 5.62. The van der Waals surface area contributed by atoms with Crippen LogP contribution in [0.15, 0.2) is 11.6 Å². The Labute approximate surface area is 92.9 Å². The molecule has 0 spiro atoms. The van der Waals surface area contributed by atoms with E-state index in [4.69, 9.17) is 5.73 Å². The van der Waals surface area contributed by atoms with Crippen LogP contribution >= 0.6 is 0 Å². The molecule has 1 rings (SSSR count). The van der Waals surface area contributed by atoms with Crippen LogP contribution in [0.1, 0.15) is 51.9 Å². The molecule has 2 nitrogen and oxygen atoms in total. The number of Topliss-reactive ketones (excluding diaryl/α,β-unsaturated/α-hetero) is 1. The molecule has 0 aromatic rings. The molecule has 15 heavy (non-hydrogen) atoms.